The van der Waals surface area contributed by atoms with E-state index in [4.69, 9.17) is 5.26 Å². The predicted octanol–water partition coefficient (Wildman–Crippen LogP) is 2.47. The van der Waals surface area contributed by atoms with Crippen molar-refractivity contribution in [2.45, 2.75) is 6.54 Å². The van der Waals surface area contributed by atoms with Gasteiger partial charge in [0, 0.05) is 10.7 Å². The summed E-state index contributed by atoms with van der Waals surface area (Å²) in [5.74, 6) is 0. The fourth-order valence-electron chi connectivity index (χ4n) is 2.07. The molecule has 6 heteroatoms. The summed E-state index contributed by atoms with van der Waals surface area (Å²) in [7, 11) is 0. The molecule has 0 atom stereocenters. The molecule has 0 bridgehead atoms. The predicted molar refractivity (Wildman–Crippen MR) is 81.8 cm³/mol. The average molecular weight is 341 g/mol. The Labute approximate surface area is 128 Å². The zero-order valence-corrected chi connectivity index (χ0v) is 12.4. The molecule has 0 spiro atoms. The lowest BCUT2D eigenvalue weighted by molar-refractivity contribution is 0.747. The summed E-state index contributed by atoms with van der Waals surface area (Å²) < 4.78 is 2.40. The van der Waals surface area contributed by atoms with E-state index in [9.17, 15) is 4.79 Å². The van der Waals surface area contributed by atoms with Crippen molar-refractivity contribution in [1.29, 1.82) is 5.26 Å². The van der Waals surface area contributed by atoms with Gasteiger partial charge in [-0.25, -0.2) is 9.97 Å². The van der Waals surface area contributed by atoms with Gasteiger partial charge in [-0.1, -0.05) is 15.9 Å². The number of aromatic nitrogens is 3. The summed E-state index contributed by atoms with van der Waals surface area (Å²) in [5.41, 5.74) is 1.71. The highest BCUT2D eigenvalue weighted by Crippen LogP contribution is 2.15. The Bertz CT molecular complexity index is 927. The van der Waals surface area contributed by atoms with Crippen molar-refractivity contribution >= 4 is 26.8 Å². The van der Waals surface area contributed by atoms with Crippen molar-refractivity contribution in [2.75, 3.05) is 0 Å². The fourth-order valence-corrected chi connectivity index (χ4v) is 2.42. The second-order valence-corrected chi connectivity index (χ2v) is 5.42. The number of nitrogens with zero attached hydrogens (tertiary/aromatic N) is 4. The van der Waals surface area contributed by atoms with Gasteiger partial charge < -0.3 is 0 Å². The molecule has 0 saturated carbocycles. The van der Waals surface area contributed by atoms with Crippen LogP contribution in [0.4, 0.5) is 0 Å². The largest absolute Gasteiger partial charge is 0.294 e. The van der Waals surface area contributed by atoms with Crippen LogP contribution in [0.3, 0.4) is 0 Å². The number of nitriles is 1. The van der Waals surface area contributed by atoms with Crippen LogP contribution in [0.15, 0.2) is 52.1 Å². The van der Waals surface area contributed by atoms with E-state index in [1.807, 2.05) is 12.1 Å². The maximum atomic E-state index is 12.4. The lowest BCUT2D eigenvalue weighted by atomic mass is 10.2. The number of rotatable bonds is 2. The van der Waals surface area contributed by atoms with Gasteiger partial charge in [0.05, 0.1) is 23.8 Å². The Morgan fingerprint density at radius 3 is 2.90 bits per heavy atom. The summed E-state index contributed by atoms with van der Waals surface area (Å²) in [6.45, 7) is 0.356. The first-order chi connectivity index (χ1) is 10.2. The van der Waals surface area contributed by atoms with E-state index in [-0.39, 0.29) is 5.56 Å². The maximum absolute atomic E-state index is 12.4. The normalized spacial score (nSPS) is 10.5. The molecule has 21 heavy (non-hydrogen) atoms. The molecule has 5 nitrogen and oxygen atoms in total. The van der Waals surface area contributed by atoms with Gasteiger partial charge in [0.25, 0.3) is 5.56 Å². The molecular formula is C15H9BrN4O. The summed E-state index contributed by atoms with van der Waals surface area (Å²) in [6, 6.07) is 10.8. The van der Waals surface area contributed by atoms with E-state index in [1.165, 1.54) is 10.9 Å². The van der Waals surface area contributed by atoms with E-state index in [0.29, 0.717) is 23.1 Å². The molecule has 0 unspecified atom stereocenters. The van der Waals surface area contributed by atoms with Crippen molar-refractivity contribution in [3.63, 3.8) is 0 Å². The Kier molecular flexibility index (Phi) is 3.50. The topological polar surface area (TPSA) is 71.6 Å². The first kappa shape index (κ1) is 13.5. The van der Waals surface area contributed by atoms with E-state index >= 15 is 0 Å². The van der Waals surface area contributed by atoms with Crippen molar-refractivity contribution in [1.82, 2.24) is 14.5 Å². The summed E-state index contributed by atoms with van der Waals surface area (Å²) in [6.07, 6.45) is 3.08. The number of hydrogen-bond donors (Lipinski definition) is 0. The van der Waals surface area contributed by atoms with Gasteiger partial charge in [0.2, 0.25) is 0 Å². The lowest BCUT2D eigenvalue weighted by Gasteiger charge is -2.07. The zero-order valence-electron chi connectivity index (χ0n) is 10.8. The van der Waals surface area contributed by atoms with Gasteiger partial charge in [-0.05, 0) is 35.9 Å². The zero-order chi connectivity index (χ0) is 14.8. The molecule has 0 fully saturated rings. The molecular weight excluding hydrogens is 332 g/mol. The number of hydrogen-bond acceptors (Lipinski definition) is 4. The van der Waals surface area contributed by atoms with Crippen LogP contribution in [0.2, 0.25) is 0 Å². The third-order valence-electron chi connectivity index (χ3n) is 3.08. The molecule has 2 heterocycles. The van der Waals surface area contributed by atoms with Gasteiger partial charge in [0.15, 0.2) is 0 Å². The highest BCUT2D eigenvalue weighted by molar-refractivity contribution is 9.10. The minimum absolute atomic E-state index is 0.109. The fraction of sp³-hybridized carbons (Fsp3) is 0.0667. The monoisotopic (exact) mass is 340 g/mol. The maximum Gasteiger partial charge on any atom is 0.261 e. The third-order valence-corrected chi connectivity index (χ3v) is 3.57. The van der Waals surface area contributed by atoms with E-state index in [0.717, 1.165) is 10.0 Å². The summed E-state index contributed by atoms with van der Waals surface area (Å²) >= 11 is 3.36. The first-order valence-corrected chi connectivity index (χ1v) is 6.96. The molecule has 3 rings (SSSR count). The second kappa shape index (κ2) is 5.46. The van der Waals surface area contributed by atoms with Crippen molar-refractivity contribution < 1.29 is 0 Å². The van der Waals surface area contributed by atoms with Crippen molar-refractivity contribution in [3.8, 4) is 6.07 Å². The second-order valence-electron chi connectivity index (χ2n) is 4.50. The van der Waals surface area contributed by atoms with Crippen LogP contribution < -0.4 is 5.56 Å². The van der Waals surface area contributed by atoms with E-state index < -0.39 is 0 Å². The van der Waals surface area contributed by atoms with Crippen molar-refractivity contribution in [3.05, 3.63) is 68.9 Å². The molecule has 102 valence electrons. The summed E-state index contributed by atoms with van der Waals surface area (Å²) in [4.78, 5) is 20.6. The van der Waals surface area contributed by atoms with E-state index in [2.05, 4.69) is 25.9 Å². The highest BCUT2D eigenvalue weighted by atomic mass is 79.9. The van der Waals surface area contributed by atoms with Crippen LogP contribution in [-0.2, 0) is 6.54 Å². The minimum atomic E-state index is -0.109. The quantitative estimate of drug-likeness (QED) is 0.718. The Hall–Kier alpha value is -2.52. The molecule has 3 aromatic rings. The van der Waals surface area contributed by atoms with Crippen LogP contribution in [0.5, 0.6) is 0 Å². The molecule has 0 N–H and O–H groups in total. The Balaban J connectivity index is 2.05. The Morgan fingerprint density at radius 2 is 2.10 bits per heavy atom. The molecule has 0 aliphatic carbocycles. The number of fused-ring (bicyclic) bond motifs is 1. The van der Waals surface area contributed by atoms with Crippen LogP contribution in [0, 0.1) is 11.3 Å². The summed E-state index contributed by atoms with van der Waals surface area (Å²) in [5, 5.41) is 9.42. The van der Waals surface area contributed by atoms with Gasteiger partial charge in [-0.3, -0.25) is 9.36 Å². The van der Waals surface area contributed by atoms with Gasteiger partial charge in [-0.15, -0.1) is 0 Å². The number of pyridine rings is 1. The Morgan fingerprint density at radius 1 is 1.24 bits per heavy atom. The van der Waals surface area contributed by atoms with Gasteiger partial charge >= 0.3 is 0 Å². The molecule has 0 radical (unpaired) electrons. The van der Waals surface area contributed by atoms with Gasteiger partial charge in [-0.2, -0.15) is 5.26 Å². The molecule has 1 aromatic carbocycles. The average Bonchev–Trinajstić information content (AvgIpc) is 2.50. The van der Waals surface area contributed by atoms with Crippen LogP contribution >= 0.6 is 15.9 Å². The molecule has 0 amide bonds. The minimum Gasteiger partial charge on any atom is -0.294 e. The van der Waals surface area contributed by atoms with Gasteiger partial charge in [0.1, 0.15) is 11.8 Å². The van der Waals surface area contributed by atoms with Crippen LogP contribution in [-0.4, -0.2) is 14.5 Å². The SMILES string of the molecule is N#Cc1cc(Cn2cnc3cc(Br)ccc3c2=O)ccn1. The smallest absolute Gasteiger partial charge is 0.261 e. The van der Waals surface area contributed by atoms with Crippen LogP contribution in [0.25, 0.3) is 10.9 Å². The van der Waals surface area contributed by atoms with Crippen LogP contribution in [0.1, 0.15) is 11.3 Å². The lowest BCUT2D eigenvalue weighted by Crippen LogP contribution is -2.21. The number of halogens is 1. The molecule has 0 saturated heterocycles. The number of benzene rings is 1. The van der Waals surface area contributed by atoms with Crippen molar-refractivity contribution in [2.24, 2.45) is 0 Å². The highest BCUT2D eigenvalue weighted by Gasteiger charge is 2.06. The van der Waals surface area contributed by atoms with E-state index in [1.54, 1.807) is 30.5 Å². The molecule has 2 aromatic heterocycles. The third kappa shape index (κ3) is 2.69. The standard InChI is InChI=1S/C15H9BrN4O/c16-11-1-2-13-14(6-11)19-9-20(15(13)21)8-10-3-4-18-12(5-10)7-17/h1-6,9H,8H2. The molecule has 0 aliphatic rings. The first-order valence-electron chi connectivity index (χ1n) is 6.17. The molecule has 0 aliphatic heterocycles.